The van der Waals surface area contributed by atoms with E-state index in [2.05, 4.69) is 30.0 Å². The maximum absolute atomic E-state index is 11.4. The van der Waals surface area contributed by atoms with Gasteiger partial charge in [0.05, 0.1) is 24.9 Å². The van der Waals surface area contributed by atoms with Crippen molar-refractivity contribution in [3.63, 3.8) is 0 Å². The lowest BCUT2D eigenvalue weighted by Gasteiger charge is -2.22. The van der Waals surface area contributed by atoms with Gasteiger partial charge in [-0.2, -0.15) is 19.6 Å². The minimum atomic E-state index is -0.497. The van der Waals surface area contributed by atoms with Crippen molar-refractivity contribution in [3.8, 4) is 5.88 Å². The Morgan fingerprint density at radius 1 is 1.29 bits per heavy atom. The van der Waals surface area contributed by atoms with Gasteiger partial charge in [0.1, 0.15) is 5.69 Å². The first-order chi connectivity index (χ1) is 13.6. The topological polar surface area (TPSA) is 148 Å². The summed E-state index contributed by atoms with van der Waals surface area (Å²) in [6, 6.07) is 0.233. The molecule has 1 aliphatic carbocycles. The number of aliphatic hydroxyl groups is 1. The molecular weight excluding hydrogens is 364 g/mol. The number of nitrogens with one attached hydrogen (secondary N) is 2. The lowest BCUT2D eigenvalue weighted by Crippen LogP contribution is -2.36. The molecule has 1 atom stereocenters. The van der Waals surface area contributed by atoms with Gasteiger partial charge >= 0.3 is 5.69 Å². The van der Waals surface area contributed by atoms with E-state index in [4.69, 9.17) is 0 Å². The Balaban J connectivity index is 1.72. The zero-order chi connectivity index (χ0) is 19.3. The normalized spacial score (nSPS) is 21.3. The third-order valence-corrected chi connectivity index (χ3v) is 5.09. The number of anilines is 1. The van der Waals surface area contributed by atoms with E-state index in [1.165, 1.54) is 0 Å². The smallest absolute Gasteiger partial charge is 0.326 e. The van der Waals surface area contributed by atoms with Crippen LogP contribution in [0.5, 0.6) is 5.88 Å². The van der Waals surface area contributed by atoms with Crippen LogP contribution >= 0.6 is 0 Å². The fourth-order valence-electron chi connectivity index (χ4n) is 3.49. The van der Waals surface area contributed by atoms with Gasteiger partial charge in [0, 0.05) is 11.8 Å². The Hall–Kier alpha value is -3.21. The van der Waals surface area contributed by atoms with Gasteiger partial charge in [-0.05, 0) is 31.8 Å². The van der Waals surface area contributed by atoms with Gasteiger partial charge in [0.15, 0.2) is 5.65 Å². The number of aromatic amines is 2. The number of imidazole rings is 1. The van der Waals surface area contributed by atoms with Crippen LogP contribution in [0.25, 0.3) is 11.7 Å². The highest BCUT2D eigenvalue weighted by Gasteiger charge is 2.27. The molecule has 0 aromatic carbocycles. The Kier molecular flexibility index (Phi) is 3.90. The SMILES string of the molecule is O=c1[nH]c(O)c(C=c2cnn3c(=NC4CC4)nc(N4CCC[C@@H]4CO)nc23)[nH]1. The number of nitrogens with zero attached hydrogens (tertiary/aromatic N) is 6. The largest absolute Gasteiger partial charge is 0.493 e. The van der Waals surface area contributed by atoms with Crippen molar-refractivity contribution in [1.29, 1.82) is 0 Å². The van der Waals surface area contributed by atoms with E-state index in [0.29, 0.717) is 22.4 Å². The van der Waals surface area contributed by atoms with Crippen LogP contribution in [0.4, 0.5) is 5.95 Å². The molecule has 0 amide bonds. The van der Waals surface area contributed by atoms with Gasteiger partial charge in [-0.3, -0.25) is 4.98 Å². The van der Waals surface area contributed by atoms with Crippen LogP contribution in [0.1, 0.15) is 31.4 Å². The van der Waals surface area contributed by atoms with Gasteiger partial charge in [0.2, 0.25) is 11.8 Å². The average molecular weight is 384 g/mol. The summed E-state index contributed by atoms with van der Waals surface area (Å²) >= 11 is 0. The number of aromatic nitrogens is 6. The van der Waals surface area contributed by atoms with Crippen LogP contribution in [0.2, 0.25) is 0 Å². The summed E-state index contributed by atoms with van der Waals surface area (Å²) in [7, 11) is 0. The summed E-state index contributed by atoms with van der Waals surface area (Å²) in [5, 5.41) is 24.5. The Morgan fingerprint density at radius 2 is 2.14 bits per heavy atom. The number of aliphatic hydroxyl groups excluding tert-OH is 1. The minimum Gasteiger partial charge on any atom is -0.493 e. The van der Waals surface area contributed by atoms with E-state index < -0.39 is 5.69 Å². The van der Waals surface area contributed by atoms with Gasteiger partial charge in [-0.25, -0.2) is 9.79 Å². The standard InChI is InChI=1S/C17H20N8O3/c26-8-11-2-1-5-24(11)15-21-13-9(6-12-14(27)22-17(28)20-12)7-18-25(13)16(23-15)19-10-3-4-10/h6-7,10-11,26-27H,1-5,8H2,(H2,20,22,28)/t11-/m1/s1. The van der Waals surface area contributed by atoms with E-state index >= 15 is 0 Å². The van der Waals surface area contributed by atoms with Crippen LogP contribution in [-0.2, 0) is 0 Å². The van der Waals surface area contributed by atoms with E-state index in [1.807, 2.05) is 4.90 Å². The second-order valence-corrected chi connectivity index (χ2v) is 7.18. The third-order valence-electron chi connectivity index (χ3n) is 5.09. The van der Waals surface area contributed by atoms with E-state index in [1.54, 1.807) is 16.8 Å². The second kappa shape index (κ2) is 6.44. The first kappa shape index (κ1) is 16.9. The summed E-state index contributed by atoms with van der Waals surface area (Å²) in [4.78, 5) is 32.1. The molecule has 11 nitrogen and oxygen atoms in total. The minimum absolute atomic E-state index is 0.0170. The quantitative estimate of drug-likeness (QED) is 0.424. The molecule has 1 saturated carbocycles. The molecule has 28 heavy (non-hydrogen) atoms. The molecule has 146 valence electrons. The van der Waals surface area contributed by atoms with Crippen LogP contribution < -0.4 is 21.4 Å². The molecule has 5 rings (SSSR count). The summed E-state index contributed by atoms with van der Waals surface area (Å²) in [6.07, 6.45) is 7.10. The number of aromatic hydroxyl groups is 1. The highest BCUT2D eigenvalue weighted by Crippen LogP contribution is 2.23. The van der Waals surface area contributed by atoms with Crippen LogP contribution in [-0.4, -0.2) is 65.0 Å². The number of H-pyrrole nitrogens is 2. The Labute approximate surface area is 158 Å². The maximum atomic E-state index is 11.4. The van der Waals surface area contributed by atoms with Crippen molar-refractivity contribution >= 4 is 17.7 Å². The Morgan fingerprint density at radius 3 is 2.86 bits per heavy atom. The number of hydrogen-bond acceptors (Lipinski definition) is 8. The lowest BCUT2D eigenvalue weighted by molar-refractivity contribution is 0.265. The van der Waals surface area contributed by atoms with Gasteiger partial charge in [-0.1, -0.05) is 0 Å². The fraction of sp³-hybridized carbons (Fsp3) is 0.471. The molecule has 2 aliphatic rings. The molecule has 0 bridgehead atoms. The predicted molar refractivity (Wildman–Crippen MR) is 98.7 cm³/mol. The van der Waals surface area contributed by atoms with Crippen molar-refractivity contribution in [2.24, 2.45) is 4.99 Å². The third kappa shape index (κ3) is 2.93. The van der Waals surface area contributed by atoms with Gasteiger partial charge < -0.3 is 20.1 Å². The van der Waals surface area contributed by atoms with Crippen LogP contribution in [0.3, 0.4) is 0 Å². The maximum Gasteiger partial charge on any atom is 0.326 e. The zero-order valence-electron chi connectivity index (χ0n) is 15.0. The van der Waals surface area contributed by atoms with Crippen molar-refractivity contribution in [2.45, 2.75) is 37.8 Å². The first-order valence-electron chi connectivity index (χ1n) is 9.32. The molecule has 11 heteroatoms. The van der Waals surface area contributed by atoms with Crippen molar-refractivity contribution < 1.29 is 10.2 Å². The number of hydrogen-bond donors (Lipinski definition) is 4. The molecule has 3 aromatic heterocycles. The molecule has 1 aliphatic heterocycles. The van der Waals surface area contributed by atoms with E-state index in [0.717, 1.165) is 32.2 Å². The molecule has 4 heterocycles. The summed E-state index contributed by atoms with van der Waals surface area (Å²) in [5.41, 5.74) is 0.741. The predicted octanol–water partition coefficient (Wildman–Crippen LogP) is -1.58. The zero-order valence-corrected chi connectivity index (χ0v) is 15.0. The average Bonchev–Trinajstić information content (AvgIpc) is 3.08. The number of rotatable bonds is 4. The Bertz CT molecular complexity index is 1210. The van der Waals surface area contributed by atoms with E-state index in [9.17, 15) is 15.0 Å². The van der Waals surface area contributed by atoms with Crippen molar-refractivity contribution in [2.75, 3.05) is 18.1 Å². The lowest BCUT2D eigenvalue weighted by atomic mass is 10.2. The van der Waals surface area contributed by atoms with Crippen LogP contribution in [0, 0.1) is 0 Å². The summed E-state index contributed by atoms with van der Waals surface area (Å²) in [6.45, 7) is 0.809. The molecule has 0 unspecified atom stereocenters. The first-order valence-corrected chi connectivity index (χ1v) is 9.32. The monoisotopic (exact) mass is 384 g/mol. The molecule has 4 N–H and O–H groups in total. The van der Waals surface area contributed by atoms with E-state index in [-0.39, 0.29) is 30.3 Å². The second-order valence-electron chi connectivity index (χ2n) is 7.18. The van der Waals surface area contributed by atoms with Crippen LogP contribution in [0.15, 0.2) is 16.0 Å². The summed E-state index contributed by atoms with van der Waals surface area (Å²) < 4.78 is 1.57. The molecular formula is C17H20N8O3. The van der Waals surface area contributed by atoms with Crippen molar-refractivity contribution in [3.05, 3.63) is 33.2 Å². The highest BCUT2D eigenvalue weighted by atomic mass is 16.3. The molecule has 3 aromatic rings. The number of fused-ring (bicyclic) bond motifs is 1. The molecule has 0 spiro atoms. The van der Waals surface area contributed by atoms with Gasteiger partial charge in [-0.15, -0.1) is 0 Å². The van der Waals surface area contributed by atoms with Gasteiger partial charge in [0.25, 0.3) is 5.62 Å². The van der Waals surface area contributed by atoms with Crippen molar-refractivity contribution in [1.82, 2.24) is 29.5 Å². The highest BCUT2D eigenvalue weighted by molar-refractivity contribution is 5.57. The molecule has 1 saturated heterocycles. The molecule has 2 fully saturated rings. The molecule has 0 radical (unpaired) electrons. The summed E-state index contributed by atoms with van der Waals surface area (Å²) in [5.74, 6) is 0.256. The fourth-order valence-corrected chi connectivity index (χ4v) is 3.49.